The summed E-state index contributed by atoms with van der Waals surface area (Å²) in [6.45, 7) is 0.277. The lowest BCUT2D eigenvalue weighted by Crippen LogP contribution is -2.38. The molecular formula is C18H15F3IN3O4S. The first-order valence-corrected chi connectivity index (χ1v) is 11.4. The van der Waals surface area contributed by atoms with Crippen LogP contribution in [0.1, 0.15) is 30.2 Å². The normalized spacial score (nSPS) is 16.8. The molecule has 160 valence electrons. The Morgan fingerprint density at radius 2 is 1.87 bits per heavy atom. The molecule has 1 aromatic carbocycles. The minimum Gasteiger partial charge on any atom is -0.447 e. The third kappa shape index (κ3) is 4.25. The van der Waals surface area contributed by atoms with Gasteiger partial charge in [0.25, 0.3) is 0 Å². The van der Waals surface area contributed by atoms with Crippen LogP contribution in [0.2, 0.25) is 0 Å². The Kier molecular flexibility index (Phi) is 5.66. The van der Waals surface area contributed by atoms with Crippen molar-refractivity contribution in [2.45, 2.75) is 29.8 Å². The average Bonchev–Trinajstić information content (AvgIpc) is 3.37. The molecule has 0 N–H and O–H groups in total. The van der Waals surface area contributed by atoms with E-state index in [0.717, 1.165) is 12.1 Å². The number of nitrogens with zero attached hydrogens (tertiary/aromatic N) is 3. The Bertz CT molecular complexity index is 1150. The number of sulfonamides is 1. The van der Waals surface area contributed by atoms with Crippen LogP contribution in [-0.4, -0.2) is 36.0 Å². The molecule has 2 aromatic heterocycles. The molecule has 12 heteroatoms. The fourth-order valence-electron chi connectivity index (χ4n) is 3.26. The summed E-state index contributed by atoms with van der Waals surface area (Å²) in [7, 11) is -4.03. The van der Waals surface area contributed by atoms with Crippen molar-refractivity contribution in [3.05, 3.63) is 51.6 Å². The van der Waals surface area contributed by atoms with E-state index in [4.69, 9.17) is 8.94 Å². The van der Waals surface area contributed by atoms with Gasteiger partial charge in [-0.15, -0.1) is 0 Å². The van der Waals surface area contributed by atoms with Gasteiger partial charge >= 0.3 is 6.18 Å². The van der Waals surface area contributed by atoms with Crippen molar-refractivity contribution in [1.82, 2.24) is 14.4 Å². The van der Waals surface area contributed by atoms with Crippen molar-refractivity contribution in [2.24, 2.45) is 0 Å². The molecule has 0 radical (unpaired) electrons. The van der Waals surface area contributed by atoms with Crippen molar-refractivity contribution in [1.29, 1.82) is 0 Å². The number of hydrogen-bond acceptors (Lipinski definition) is 6. The summed E-state index contributed by atoms with van der Waals surface area (Å²) in [4.78, 5) is 3.96. The molecule has 0 unspecified atom stereocenters. The minimum absolute atomic E-state index is 0.139. The van der Waals surface area contributed by atoms with Gasteiger partial charge in [-0.1, -0.05) is 11.2 Å². The molecule has 0 spiro atoms. The van der Waals surface area contributed by atoms with E-state index in [1.807, 2.05) is 22.6 Å². The summed E-state index contributed by atoms with van der Waals surface area (Å²) in [6.07, 6.45) is -3.79. The topological polar surface area (TPSA) is 89.4 Å². The van der Waals surface area contributed by atoms with Crippen molar-refractivity contribution < 1.29 is 30.5 Å². The lowest BCUT2D eigenvalue weighted by atomic mass is 9.98. The van der Waals surface area contributed by atoms with Gasteiger partial charge in [0.05, 0.1) is 10.5 Å². The number of hydrogen-bond donors (Lipinski definition) is 0. The van der Waals surface area contributed by atoms with Gasteiger partial charge in [0, 0.05) is 19.0 Å². The molecule has 3 aromatic rings. The highest BCUT2D eigenvalue weighted by atomic mass is 127. The van der Waals surface area contributed by atoms with Crippen LogP contribution in [0.3, 0.4) is 0 Å². The predicted octanol–water partition coefficient (Wildman–Crippen LogP) is 4.52. The van der Waals surface area contributed by atoms with Gasteiger partial charge in [0.1, 0.15) is 0 Å². The maximum atomic E-state index is 12.9. The number of halogens is 4. The zero-order chi connectivity index (χ0) is 21.5. The zero-order valence-corrected chi connectivity index (χ0v) is 18.2. The van der Waals surface area contributed by atoms with E-state index in [1.165, 1.54) is 10.4 Å². The number of benzene rings is 1. The first-order chi connectivity index (χ1) is 14.1. The van der Waals surface area contributed by atoms with Crippen LogP contribution in [0.15, 0.2) is 50.2 Å². The van der Waals surface area contributed by atoms with E-state index < -0.39 is 21.8 Å². The van der Waals surface area contributed by atoms with Crippen molar-refractivity contribution in [2.75, 3.05) is 13.1 Å². The monoisotopic (exact) mass is 553 g/mol. The number of rotatable bonds is 4. The van der Waals surface area contributed by atoms with E-state index in [0.29, 0.717) is 40.2 Å². The standard InChI is InChI=1S/C18H15F3IN3O4S/c19-18(20,21)12-2-1-3-13(10-12)30(26,27)25-8-6-11(7-9-25)17-23-16(24-29-17)14-4-5-15(22)28-14/h1-5,10-11H,6-9H2. The van der Waals surface area contributed by atoms with E-state index in [-0.39, 0.29) is 23.9 Å². The van der Waals surface area contributed by atoms with E-state index in [9.17, 15) is 21.6 Å². The summed E-state index contributed by atoms with van der Waals surface area (Å²) >= 11 is 2.02. The van der Waals surface area contributed by atoms with Gasteiger partial charge in [-0.3, -0.25) is 0 Å². The Balaban J connectivity index is 1.46. The van der Waals surface area contributed by atoms with E-state index in [2.05, 4.69) is 10.1 Å². The van der Waals surface area contributed by atoms with Crippen molar-refractivity contribution >= 4 is 32.6 Å². The third-order valence-corrected chi connectivity index (χ3v) is 7.31. The highest BCUT2D eigenvalue weighted by molar-refractivity contribution is 14.1. The SMILES string of the molecule is O=S(=O)(c1cccc(C(F)(F)F)c1)N1CCC(c2nc(-c3ccc(I)o3)no2)CC1. The number of aromatic nitrogens is 2. The first kappa shape index (κ1) is 21.3. The number of furan rings is 1. The second-order valence-corrected chi connectivity index (χ2v) is 9.77. The Morgan fingerprint density at radius 3 is 2.50 bits per heavy atom. The molecule has 0 aliphatic carbocycles. The first-order valence-electron chi connectivity index (χ1n) is 8.91. The predicted molar refractivity (Wildman–Crippen MR) is 107 cm³/mol. The summed E-state index contributed by atoms with van der Waals surface area (Å²) in [6, 6.07) is 7.27. The van der Waals surface area contributed by atoms with Crippen LogP contribution in [0.25, 0.3) is 11.6 Å². The van der Waals surface area contributed by atoms with E-state index >= 15 is 0 Å². The molecule has 1 fully saturated rings. The average molecular weight is 553 g/mol. The lowest BCUT2D eigenvalue weighted by molar-refractivity contribution is -0.137. The molecule has 0 atom stereocenters. The molecule has 0 amide bonds. The molecule has 1 aliphatic rings. The molecule has 30 heavy (non-hydrogen) atoms. The molecule has 1 saturated heterocycles. The van der Waals surface area contributed by atoms with Gasteiger partial charge < -0.3 is 8.94 Å². The highest BCUT2D eigenvalue weighted by Gasteiger charge is 2.35. The Labute approximate surface area is 183 Å². The molecular weight excluding hydrogens is 538 g/mol. The molecule has 1 aliphatic heterocycles. The van der Waals surface area contributed by atoms with Gasteiger partial charge in [-0.25, -0.2) is 8.42 Å². The van der Waals surface area contributed by atoms with Gasteiger partial charge in [0.15, 0.2) is 9.53 Å². The maximum Gasteiger partial charge on any atom is 0.416 e. The van der Waals surface area contributed by atoms with Crippen molar-refractivity contribution in [3.63, 3.8) is 0 Å². The summed E-state index contributed by atoms with van der Waals surface area (Å²) in [5.74, 6) is 1.02. The van der Waals surface area contributed by atoms with Gasteiger partial charge in [0.2, 0.25) is 21.7 Å². The molecule has 7 nitrogen and oxygen atoms in total. The second-order valence-electron chi connectivity index (χ2n) is 6.76. The van der Waals surface area contributed by atoms with E-state index in [1.54, 1.807) is 12.1 Å². The fraction of sp³-hybridized carbons (Fsp3) is 0.333. The zero-order valence-electron chi connectivity index (χ0n) is 15.3. The minimum atomic E-state index is -4.61. The molecule has 3 heterocycles. The Morgan fingerprint density at radius 1 is 1.13 bits per heavy atom. The molecule has 0 saturated carbocycles. The third-order valence-electron chi connectivity index (χ3n) is 4.84. The summed E-state index contributed by atoms with van der Waals surface area (Å²) in [5, 5.41) is 3.90. The fourth-order valence-corrected chi connectivity index (χ4v) is 5.19. The Hall–Kier alpha value is -1.93. The quantitative estimate of drug-likeness (QED) is 0.442. The van der Waals surface area contributed by atoms with Crippen LogP contribution in [-0.2, 0) is 16.2 Å². The lowest BCUT2D eigenvalue weighted by Gasteiger charge is -2.29. The van der Waals surface area contributed by atoms with Crippen LogP contribution < -0.4 is 0 Å². The smallest absolute Gasteiger partial charge is 0.416 e. The van der Waals surface area contributed by atoms with Crippen molar-refractivity contribution in [3.8, 4) is 11.6 Å². The van der Waals surface area contributed by atoms with Crippen LogP contribution >= 0.6 is 22.6 Å². The van der Waals surface area contributed by atoms with Crippen LogP contribution in [0.4, 0.5) is 13.2 Å². The summed E-state index contributed by atoms with van der Waals surface area (Å²) in [5.41, 5.74) is -0.996. The largest absolute Gasteiger partial charge is 0.447 e. The number of alkyl halides is 3. The van der Waals surface area contributed by atoms with Gasteiger partial charge in [-0.05, 0) is 65.8 Å². The highest BCUT2D eigenvalue weighted by Crippen LogP contribution is 2.34. The van der Waals surface area contributed by atoms with Gasteiger partial charge in [-0.2, -0.15) is 22.5 Å². The second kappa shape index (κ2) is 7.96. The molecule has 4 rings (SSSR count). The number of piperidine rings is 1. The van der Waals surface area contributed by atoms with Crippen LogP contribution in [0.5, 0.6) is 0 Å². The summed E-state index contributed by atoms with van der Waals surface area (Å²) < 4.78 is 77.0. The van der Waals surface area contributed by atoms with Crippen LogP contribution in [0, 0.1) is 3.77 Å². The molecule has 0 bridgehead atoms. The maximum absolute atomic E-state index is 12.9.